The van der Waals surface area contributed by atoms with Gasteiger partial charge < -0.3 is 15.7 Å². The Morgan fingerprint density at radius 3 is 2.67 bits per heavy atom. The molecule has 1 amide bonds. The second-order valence-electron chi connectivity index (χ2n) is 2.95. The summed E-state index contributed by atoms with van der Waals surface area (Å²) in [6, 6.07) is 0. The van der Waals surface area contributed by atoms with Crippen LogP contribution in [0.2, 0.25) is 0 Å². The van der Waals surface area contributed by atoms with E-state index in [-0.39, 0.29) is 24.2 Å². The van der Waals surface area contributed by atoms with Crippen molar-refractivity contribution >= 4 is 18.3 Å². The second kappa shape index (κ2) is 5.35. The first-order chi connectivity index (χ1) is 5.20. The number of carbonyl (C=O) groups is 1. The van der Waals surface area contributed by atoms with E-state index in [9.17, 15) is 4.79 Å². The molecule has 1 atom stereocenters. The molecule has 1 aliphatic heterocycles. The molecule has 0 spiro atoms. The van der Waals surface area contributed by atoms with Crippen LogP contribution in [0.25, 0.3) is 0 Å². The molecular formula is C7H15ClN2O2. The lowest BCUT2D eigenvalue weighted by molar-refractivity contribution is -0.126. The molecule has 5 heteroatoms. The van der Waals surface area contributed by atoms with Crippen molar-refractivity contribution < 1.29 is 9.90 Å². The molecule has 1 aliphatic rings. The van der Waals surface area contributed by atoms with Crippen molar-refractivity contribution in [3.05, 3.63) is 0 Å². The zero-order valence-electron chi connectivity index (χ0n) is 7.04. The SMILES string of the molecule is CC(O)CNC(=O)C1CNC1.Cl. The van der Waals surface area contributed by atoms with E-state index in [0.29, 0.717) is 6.54 Å². The summed E-state index contributed by atoms with van der Waals surface area (Å²) >= 11 is 0. The van der Waals surface area contributed by atoms with Crippen molar-refractivity contribution in [2.75, 3.05) is 19.6 Å². The summed E-state index contributed by atoms with van der Waals surface area (Å²) in [5, 5.41) is 14.5. The Hall–Kier alpha value is -0.320. The average molecular weight is 195 g/mol. The Bertz CT molecular complexity index is 148. The lowest BCUT2D eigenvalue weighted by Crippen LogP contribution is -2.51. The van der Waals surface area contributed by atoms with Crippen molar-refractivity contribution in [3.63, 3.8) is 0 Å². The molecule has 0 radical (unpaired) electrons. The molecule has 3 N–H and O–H groups in total. The normalized spacial score (nSPS) is 18.8. The Labute approximate surface area is 78.1 Å². The van der Waals surface area contributed by atoms with Crippen molar-refractivity contribution in [2.24, 2.45) is 5.92 Å². The van der Waals surface area contributed by atoms with E-state index >= 15 is 0 Å². The van der Waals surface area contributed by atoms with Crippen LogP contribution in [0.5, 0.6) is 0 Å². The Morgan fingerprint density at radius 1 is 1.75 bits per heavy atom. The number of nitrogens with one attached hydrogen (secondary N) is 2. The summed E-state index contributed by atoms with van der Waals surface area (Å²) in [6.07, 6.45) is -0.452. The fourth-order valence-electron chi connectivity index (χ4n) is 0.867. The molecule has 1 rings (SSSR count). The van der Waals surface area contributed by atoms with Gasteiger partial charge >= 0.3 is 0 Å². The molecule has 0 aromatic rings. The van der Waals surface area contributed by atoms with Gasteiger partial charge in [0.25, 0.3) is 0 Å². The van der Waals surface area contributed by atoms with Crippen molar-refractivity contribution in [1.29, 1.82) is 0 Å². The van der Waals surface area contributed by atoms with Crippen LogP contribution >= 0.6 is 12.4 Å². The standard InChI is InChI=1S/C7H14N2O2.ClH/c1-5(10)2-9-7(11)6-3-8-4-6;/h5-6,8,10H,2-4H2,1H3,(H,9,11);1H. The lowest BCUT2D eigenvalue weighted by Gasteiger charge is -2.25. The van der Waals surface area contributed by atoms with E-state index in [1.165, 1.54) is 0 Å². The molecule has 12 heavy (non-hydrogen) atoms. The third-order valence-electron chi connectivity index (χ3n) is 1.72. The third kappa shape index (κ3) is 3.38. The first-order valence-electron chi connectivity index (χ1n) is 3.86. The second-order valence-corrected chi connectivity index (χ2v) is 2.95. The fourth-order valence-corrected chi connectivity index (χ4v) is 0.867. The van der Waals surface area contributed by atoms with Crippen LogP contribution in [0.1, 0.15) is 6.92 Å². The van der Waals surface area contributed by atoms with Crippen molar-refractivity contribution in [3.8, 4) is 0 Å². The third-order valence-corrected chi connectivity index (χ3v) is 1.72. The molecular weight excluding hydrogens is 180 g/mol. The van der Waals surface area contributed by atoms with Crippen LogP contribution in [0, 0.1) is 5.92 Å². The van der Waals surface area contributed by atoms with Crippen LogP contribution < -0.4 is 10.6 Å². The quantitative estimate of drug-likeness (QED) is 0.547. The average Bonchev–Trinajstić information content (AvgIpc) is 1.79. The lowest BCUT2D eigenvalue weighted by atomic mass is 10.0. The number of aliphatic hydroxyl groups excluding tert-OH is 1. The van der Waals surface area contributed by atoms with E-state index in [1.54, 1.807) is 6.92 Å². The highest BCUT2D eigenvalue weighted by atomic mass is 35.5. The number of amides is 1. The molecule has 1 heterocycles. The van der Waals surface area contributed by atoms with Gasteiger partial charge in [0.1, 0.15) is 0 Å². The van der Waals surface area contributed by atoms with E-state index in [1.807, 2.05) is 0 Å². The minimum atomic E-state index is -0.452. The molecule has 1 fully saturated rings. The number of halogens is 1. The van der Waals surface area contributed by atoms with Gasteiger partial charge in [-0.25, -0.2) is 0 Å². The topological polar surface area (TPSA) is 61.4 Å². The minimum absolute atomic E-state index is 0. The van der Waals surface area contributed by atoms with Gasteiger partial charge in [-0.2, -0.15) is 0 Å². The van der Waals surface area contributed by atoms with Gasteiger partial charge in [-0.3, -0.25) is 4.79 Å². The largest absolute Gasteiger partial charge is 0.392 e. The summed E-state index contributed by atoms with van der Waals surface area (Å²) in [4.78, 5) is 11.1. The monoisotopic (exact) mass is 194 g/mol. The van der Waals surface area contributed by atoms with Gasteiger partial charge in [0.2, 0.25) is 5.91 Å². The Morgan fingerprint density at radius 2 is 2.33 bits per heavy atom. The van der Waals surface area contributed by atoms with Gasteiger partial charge in [0.15, 0.2) is 0 Å². The van der Waals surface area contributed by atoms with Gasteiger partial charge in [-0.1, -0.05) is 0 Å². The first kappa shape index (κ1) is 11.7. The van der Waals surface area contributed by atoms with E-state index in [2.05, 4.69) is 10.6 Å². The molecule has 0 aromatic carbocycles. The molecule has 0 bridgehead atoms. The number of hydrogen-bond donors (Lipinski definition) is 3. The van der Waals surface area contributed by atoms with Gasteiger partial charge in [-0.05, 0) is 6.92 Å². The van der Waals surface area contributed by atoms with E-state index in [4.69, 9.17) is 5.11 Å². The molecule has 1 saturated heterocycles. The molecule has 0 aromatic heterocycles. The molecule has 1 unspecified atom stereocenters. The molecule has 0 aliphatic carbocycles. The van der Waals surface area contributed by atoms with Crippen molar-refractivity contribution in [2.45, 2.75) is 13.0 Å². The Balaban J connectivity index is 0.00000121. The zero-order chi connectivity index (χ0) is 8.27. The first-order valence-corrected chi connectivity index (χ1v) is 3.86. The van der Waals surface area contributed by atoms with Gasteiger partial charge in [-0.15, -0.1) is 12.4 Å². The van der Waals surface area contributed by atoms with Crippen LogP contribution in [-0.2, 0) is 4.79 Å². The highest BCUT2D eigenvalue weighted by Crippen LogP contribution is 2.01. The van der Waals surface area contributed by atoms with Crippen LogP contribution in [0.3, 0.4) is 0 Å². The maximum atomic E-state index is 11.1. The smallest absolute Gasteiger partial charge is 0.225 e. The number of rotatable bonds is 3. The molecule has 0 saturated carbocycles. The maximum absolute atomic E-state index is 11.1. The zero-order valence-corrected chi connectivity index (χ0v) is 7.86. The van der Waals surface area contributed by atoms with Gasteiger partial charge in [0, 0.05) is 19.6 Å². The highest BCUT2D eigenvalue weighted by molar-refractivity contribution is 5.85. The maximum Gasteiger partial charge on any atom is 0.225 e. The summed E-state index contributed by atoms with van der Waals surface area (Å²) in [6.45, 7) is 3.55. The molecule has 72 valence electrons. The Kier molecular flexibility index (Phi) is 5.20. The summed E-state index contributed by atoms with van der Waals surface area (Å²) in [7, 11) is 0. The predicted molar refractivity (Wildman–Crippen MR) is 48.3 cm³/mol. The van der Waals surface area contributed by atoms with Crippen LogP contribution in [0.4, 0.5) is 0 Å². The predicted octanol–water partition coefficient (Wildman–Crippen LogP) is -0.875. The van der Waals surface area contributed by atoms with E-state index in [0.717, 1.165) is 13.1 Å². The van der Waals surface area contributed by atoms with Crippen molar-refractivity contribution in [1.82, 2.24) is 10.6 Å². The van der Waals surface area contributed by atoms with Crippen LogP contribution in [0.15, 0.2) is 0 Å². The summed E-state index contributed by atoms with van der Waals surface area (Å²) in [5.41, 5.74) is 0. The summed E-state index contributed by atoms with van der Waals surface area (Å²) < 4.78 is 0. The highest BCUT2D eigenvalue weighted by Gasteiger charge is 2.24. The number of carbonyl (C=O) groups excluding carboxylic acids is 1. The number of hydrogen-bond acceptors (Lipinski definition) is 3. The van der Waals surface area contributed by atoms with Gasteiger partial charge in [0.05, 0.1) is 12.0 Å². The summed E-state index contributed by atoms with van der Waals surface area (Å²) in [5.74, 6) is 0.165. The molecule has 4 nitrogen and oxygen atoms in total. The fraction of sp³-hybridized carbons (Fsp3) is 0.857. The minimum Gasteiger partial charge on any atom is -0.392 e. The van der Waals surface area contributed by atoms with Crippen LogP contribution in [-0.4, -0.2) is 36.8 Å². The van der Waals surface area contributed by atoms with E-state index < -0.39 is 6.10 Å². The number of aliphatic hydroxyl groups is 1.